The Morgan fingerprint density at radius 1 is 1.38 bits per heavy atom. The molecule has 4 rings (SSSR count). The molecule has 134 valence electrons. The second-order valence-electron chi connectivity index (χ2n) is 6.47. The van der Waals surface area contributed by atoms with Crippen molar-refractivity contribution in [2.24, 2.45) is 0 Å². The molecule has 0 aliphatic carbocycles. The van der Waals surface area contributed by atoms with E-state index in [0.29, 0.717) is 34.0 Å². The van der Waals surface area contributed by atoms with Gasteiger partial charge in [0.1, 0.15) is 17.6 Å². The summed E-state index contributed by atoms with van der Waals surface area (Å²) in [5.74, 6) is 0.296. The molecule has 3 aromatic rings. The maximum Gasteiger partial charge on any atom is 0.338 e. The molecular weight excluding hydrogens is 337 g/mol. The van der Waals surface area contributed by atoms with E-state index in [2.05, 4.69) is 10.3 Å². The fraction of sp³-hybridized carbons (Fsp3) is 0.263. The molecule has 0 radical (unpaired) electrons. The Bertz CT molecular complexity index is 1020. The minimum absolute atomic E-state index is 0.255. The number of allylic oxidation sites excluding steroid dienone is 1. The Morgan fingerprint density at radius 2 is 2.19 bits per heavy atom. The van der Waals surface area contributed by atoms with Gasteiger partial charge in [0.05, 0.1) is 29.0 Å². The van der Waals surface area contributed by atoms with Gasteiger partial charge in [0.2, 0.25) is 5.95 Å². The summed E-state index contributed by atoms with van der Waals surface area (Å²) in [5, 5.41) is 3.13. The van der Waals surface area contributed by atoms with E-state index in [1.54, 1.807) is 45.2 Å². The lowest BCUT2D eigenvalue weighted by atomic mass is 10.00. The highest BCUT2D eigenvalue weighted by Gasteiger charge is 2.36. The number of rotatable bonds is 3. The van der Waals surface area contributed by atoms with Gasteiger partial charge in [-0.3, -0.25) is 4.57 Å². The van der Waals surface area contributed by atoms with Crippen LogP contribution in [0.5, 0.6) is 0 Å². The van der Waals surface area contributed by atoms with Crippen LogP contribution in [0.15, 0.2) is 52.3 Å². The monoisotopic (exact) mass is 355 g/mol. The number of ether oxygens (including phenoxy) is 1. The molecule has 6 nitrogen and oxygen atoms in total. The number of esters is 1. The number of carbonyl (C=O) groups is 1. The predicted octanol–water partition coefficient (Wildman–Crippen LogP) is 4.01. The zero-order valence-electron chi connectivity index (χ0n) is 14.6. The summed E-state index contributed by atoms with van der Waals surface area (Å²) in [4.78, 5) is 17.3. The van der Waals surface area contributed by atoms with Crippen LogP contribution in [0.2, 0.25) is 0 Å². The maximum atomic E-state index is 13.6. The topological polar surface area (TPSA) is 69.3 Å². The molecule has 0 unspecified atom stereocenters. The summed E-state index contributed by atoms with van der Waals surface area (Å²) in [6.45, 7) is 5.38. The zero-order chi connectivity index (χ0) is 18.4. The SMILES string of the molecule is CC1=C(C(=O)OC(C)C)[C@H](c2ccco2)n2c(nc3cc(F)ccc32)N1. The smallest absolute Gasteiger partial charge is 0.338 e. The normalized spacial score (nSPS) is 16.7. The molecule has 2 aromatic heterocycles. The second kappa shape index (κ2) is 6.01. The average molecular weight is 355 g/mol. The van der Waals surface area contributed by atoms with Crippen molar-refractivity contribution in [3.63, 3.8) is 0 Å². The first-order chi connectivity index (χ1) is 12.5. The van der Waals surface area contributed by atoms with Crippen LogP contribution in [-0.4, -0.2) is 21.6 Å². The van der Waals surface area contributed by atoms with E-state index < -0.39 is 12.0 Å². The van der Waals surface area contributed by atoms with Gasteiger partial charge in [0.25, 0.3) is 0 Å². The number of furan rings is 1. The third-order valence-electron chi connectivity index (χ3n) is 4.26. The molecule has 1 N–H and O–H groups in total. The Kier molecular flexibility index (Phi) is 3.79. The average Bonchev–Trinajstić information content (AvgIpc) is 3.19. The maximum absolute atomic E-state index is 13.6. The Labute approximate surface area is 149 Å². The largest absolute Gasteiger partial charge is 0.467 e. The van der Waals surface area contributed by atoms with Gasteiger partial charge in [-0.2, -0.15) is 0 Å². The highest BCUT2D eigenvalue weighted by atomic mass is 19.1. The van der Waals surface area contributed by atoms with Crippen LogP contribution in [0.4, 0.5) is 10.3 Å². The van der Waals surface area contributed by atoms with Gasteiger partial charge < -0.3 is 14.5 Å². The van der Waals surface area contributed by atoms with Crippen LogP contribution >= 0.6 is 0 Å². The standard InChI is InChI=1S/C19H18FN3O3/c1-10(2)26-18(24)16-11(3)21-19-22-13-9-12(20)6-7-14(13)23(19)17(16)15-5-4-8-25-15/h4-10,17H,1-3H3,(H,21,22)/t17-/m0/s1. The molecule has 0 saturated heterocycles. The van der Waals surface area contributed by atoms with Crippen molar-refractivity contribution in [1.82, 2.24) is 9.55 Å². The number of halogens is 1. The molecule has 1 aromatic carbocycles. The molecular formula is C19H18FN3O3. The molecule has 1 aliphatic heterocycles. The number of nitrogens with one attached hydrogen (secondary N) is 1. The minimum Gasteiger partial charge on any atom is -0.467 e. The van der Waals surface area contributed by atoms with Gasteiger partial charge in [-0.05, 0) is 45.0 Å². The Hall–Kier alpha value is -3.09. The molecule has 0 fully saturated rings. The lowest BCUT2D eigenvalue weighted by Crippen LogP contribution is -2.29. The van der Waals surface area contributed by atoms with Crippen molar-refractivity contribution in [1.29, 1.82) is 0 Å². The van der Waals surface area contributed by atoms with Gasteiger partial charge in [-0.15, -0.1) is 0 Å². The van der Waals surface area contributed by atoms with Gasteiger partial charge in [-0.25, -0.2) is 14.2 Å². The molecule has 7 heteroatoms. The van der Waals surface area contributed by atoms with Crippen LogP contribution in [-0.2, 0) is 9.53 Å². The second-order valence-corrected chi connectivity index (χ2v) is 6.47. The van der Waals surface area contributed by atoms with E-state index in [9.17, 15) is 9.18 Å². The van der Waals surface area contributed by atoms with Crippen LogP contribution in [0.3, 0.4) is 0 Å². The summed E-state index contributed by atoms with van der Waals surface area (Å²) in [7, 11) is 0. The highest BCUT2D eigenvalue weighted by Crippen LogP contribution is 2.39. The Balaban J connectivity index is 1.94. The number of anilines is 1. The molecule has 0 amide bonds. The molecule has 3 heterocycles. The van der Waals surface area contributed by atoms with E-state index >= 15 is 0 Å². The molecule has 26 heavy (non-hydrogen) atoms. The summed E-state index contributed by atoms with van der Waals surface area (Å²) >= 11 is 0. The molecule has 0 spiro atoms. The third kappa shape index (κ3) is 2.56. The number of imidazole rings is 1. The minimum atomic E-state index is -0.553. The summed E-state index contributed by atoms with van der Waals surface area (Å²) in [5.41, 5.74) is 2.25. The van der Waals surface area contributed by atoms with Crippen molar-refractivity contribution < 1.29 is 18.3 Å². The van der Waals surface area contributed by atoms with Crippen molar-refractivity contribution in [3.05, 3.63) is 59.4 Å². The predicted molar refractivity (Wildman–Crippen MR) is 94.1 cm³/mol. The number of carbonyl (C=O) groups excluding carboxylic acids is 1. The summed E-state index contributed by atoms with van der Waals surface area (Å²) in [6, 6.07) is 7.38. The fourth-order valence-electron chi connectivity index (χ4n) is 3.25. The number of benzene rings is 1. The van der Waals surface area contributed by atoms with Crippen molar-refractivity contribution in [2.45, 2.75) is 32.9 Å². The van der Waals surface area contributed by atoms with Crippen molar-refractivity contribution in [3.8, 4) is 0 Å². The van der Waals surface area contributed by atoms with Crippen LogP contribution in [0.25, 0.3) is 11.0 Å². The fourth-order valence-corrected chi connectivity index (χ4v) is 3.25. The first kappa shape index (κ1) is 16.4. The van der Waals surface area contributed by atoms with Gasteiger partial charge in [0, 0.05) is 11.8 Å². The molecule has 1 atom stereocenters. The van der Waals surface area contributed by atoms with E-state index in [-0.39, 0.29) is 11.9 Å². The first-order valence-electron chi connectivity index (χ1n) is 8.35. The van der Waals surface area contributed by atoms with E-state index in [0.717, 1.165) is 0 Å². The quantitative estimate of drug-likeness (QED) is 0.719. The van der Waals surface area contributed by atoms with Crippen molar-refractivity contribution >= 4 is 23.0 Å². The number of hydrogen-bond acceptors (Lipinski definition) is 5. The molecule has 0 saturated carbocycles. The number of nitrogens with zero attached hydrogens (tertiary/aromatic N) is 2. The third-order valence-corrected chi connectivity index (χ3v) is 4.26. The van der Waals surface area contributed by atoms with Gasteiger partial charge >= 0.3 is 5.97 Å². The van der Waals surface area contributed by atoms with E-state index in [4.69, 9.17) is 9.15 Å². The van der Waals surface area contributed by atoms with Crippen molar-refractivity contribution in [2.75, 3.05) is 5.32 Å². The zero-order valence-corrected chi connectivity index (χ0v) is 14.6. The summed E-state index contributed by atoms with van der Waals surface area (Å²) < 4.78 is 26.5. The number of aromatic nitrogens is 2. The van der Waals surface area contributed by atoms with E-state index in [1.807, 2.05) is 4.57 Å². The lowest BCUT2D eigenvalue weighted by molar-refractivity contribution is -0.143. The summed E-state index contributed by atoms with van der Waals surface area (Å²) in [6.07, 6.45) is 1.30. The van der Waals surface area contributed by atoms with Crippen LogP contribution in [0.1, 0.15) is 32.6 Å². The van der Waals surface area contributed by atoms with Gasteiger partial charge in [0.15, 0.2) is 0 Å². The number of hydrogen-bond donors (Lipinski definition) is 1. The number of fused-ring (bicyclic) bond motifs is 3. The van der Waals surface area contributed by atoms with Crippen LogP contribution < -0.4 is 5.32 Å². The van der Waals surface area contributed by atoms with Gasteiger partial charge in [-0.1, -0.05) is 0 Å². The Morgan fingerprint density at radius 3 is 2.88 bits per heavy atom. The lowest BCUT2D eigenvalue weighted by Gasteiger charge is -2.29. The van der Waals surface area contributed by atoms with Crippen LogP contribution in [0, 0.1) is 5.82 Å². The first-order valence-corrected chi connectivity index (χ1v) is 8.35. The molecule has 1 aliphatic rings. The highest BCUT2D eigenvalue weighted by molar-refractivity contribution is 5.94. The molecule has 0 bridgehead atoms. The van der Waals surface area contributed by atoms with E-state index in [1.165, 1.54) is 12.1 Å².